The van der Waals surface area contributed by atoms with E-state index in [0.717, 1.165) is 56.4 Å². The van der Waals surface area contributed by atoms with Crippen molar-refractivity contribution < 1.29 is 23.6 Å². The van der Waals surface area contributed by atoms with Gasteiger partial charge in [-0.15, -0.1) is 0 Å². The van der Waals surface area contributed by atoms with Crippen LogP contribution in [0.25, 0.3) is 0 Å². The molecule has 4 heterocycles. The van der Waals surface area contributed by atoms with Crippen molar-refractivity contribution in [3.63, 3.8) is 0 Å². The molecule has 4 aliphatic rings. The molecule has 3 fully saturated rings. The summed E-state index contributed by atoms with van der Waals surface area (Å²) < 4.78 is 14.6. The number of halogens is 1. The van der Waals surface area contributed by atoms with Crippen molar-refractivity contribution >= 4 is 23.6 Å². The zero-order chi connectivity index (χ0) is 24.7. The molecule has 1 atom stereocenters. The average Bonchev–Trinajstić information content (AvgIpc) is 3.19. The van der Waals surface area contributed by atoms with Gasteiger partial charge in [0.2, 0.25) is 17.7 Å². The first-order chi connectivity index (χ1) is 16.9. The van der Waals surface area contributed by atoms with Gasteiger partial charge in [-0.3, -0.25) is 24.5 Å². The zero-order valence-electron chi connectivity index (χ0n) is 20.2. The molecule has 1 aromatic carbocycles. The summed E-state index contributed by atoms with van der Waals surface area (Å²) in [5.41, 5.74) is 1.90. The molecule has 5 rings (SSSR count). The van der Waals surface area contributed by atoms with Crippen LogP contribution in [-0.2, 0) is 20.9 Å². The van der Waals surface area contributed by atoms with Crippen LogP contribution in [0.2, 0.25) is 0 Å². The fourth-order valence-corrected chi connectivity index (χ4v) is 6.18. The number of likely N-dealkylation sites (tertiary alicyclic amines) is 2. The minimum Gasteiger partial charge on any atom is -0.342 e. The normalized spacial score (nSPS) is 24.6. The Balaban J connectivity index is 1.27. The van der Waals surface area contributed by atoms with E-state index in [0.29, 0.717) is 18.7 Å². The number of hydrogen-bond donors (Lipinski definition) is 1. The number of benzene rings is 1. The molecular formula is C26H33FN4O4. The highest BCUT2D eigenvalue weighted by Gasteiger charge is 2.41. The molecule has 35 heavy (non-hydrogen) atoms. The second-order valence-electron chi connectivity index (χ2n) is 10.2. The summed E-state index contributed by atoms with van der Waals surface area (Å²) in [5, 5.41) is 2.31. The van der Waals surface area contributed by atoms with E-state index in [-0.39, 0.29) is 48.9 Å². The number of fused-ring (bicyclic) bond motifs is 1. The summed E-state index contributed by atoms with van der Waals surface area (Å²) in [6, 6.07) is 2.05. The summed E-state index contributed by atoms with van der Waals surface area (Å²) in [7, 11) is 0. The van der Waals surface area contributed by atoms with E-state index in [9.17, 15) is 23.6 Å². The molecule has 0 saturated carbocycles. The fourth-order valence-electron chi connectivity index (χ4n) is 6.18. The fraction of sp³-hybridized carbons (Fsp3) is 0.615. The van der Waals surface area contributed by atoms with Crippen molar-refractivity contribution in [2.45, 2.75) is 64.0 Å². The monoisotopic (exact) mass is 484 g/mol. The predicted octanol–water partition coefficient (Wildman–Crippen LogP) is 2.02. The summed E-state index contributed by atoms with van der Waals surface area (Å²) in [6.07, 6.45) is 3.72. The van der Waals surface area contributed by atoms with E-state index < -0.39 is 17.8 Å². The minimum atomic E-state index is -0.720. The SMILES string of the molecule is CCN1CCC(C(=O)N2CCC(c3cc(F)cc4c3CN(C3CCC(=O)NC3=O)C4=O)CC2)CC1. The van der Waals surface area contributed by atoms with E-state index in [4.69, 9.17) is 0 Å². The van der Waals surface area contributed by atoms with Crippen LogP contribution in [0, 0.1) is 11.7 Å². The van der Waals surface area contributed by atoms with Crippen LogP contribution >= 0.6 is 0 Å². The number of hydrogen-bond acceptors (Lipinski definition) is 5. The third-order valence-electron chi connectivity index (χ3n) is 8.29. The van der Waals surface area contributed by atoms with Crippen molar-refractivity contribution in [3.8, 4) is 0 Å². The van der Waals surface area contributed by atoms with Gasteiger partial charge in [-0.2, -0.15) is 0 Å². The molecule has 0 bridgehead atoms. The first-order valence-corrected chi connectivity index (χ1v) is 12.8. The Morgan fingerprint density at radius 2 is 1.74 bits per heavy atom. The van der Waals surface area contributed by atoms with Crippen LogP contribution in [-0.4, -0.2) is 77.1 Å². The lowest BCUT2D eigenvalue weighted by molar-refractivity contribution is -0.138. The number of nitrogens with zero attached hydrogens (tertiary/aromatic N) is 3. The number of carbonyl (C=O) groups excluding carboxylic acids is 4. The number of piperidine rings is 3. The summed E-state index contributed by atoms with van der Waals surface area (Å²) in [5.74, 6) is -1.24. The molecule has 8 nitrogen and oxygen atoms in total. The van der Waals surface area contributed by atoms with Crippen LogP contribution in [0.4, 0.5) is 4.39 Å². The van der Waals surface area contributed by atoms with Crippen LogP contribution in [0.3, 0.4) is 0 Å². The van der Waals surface area contributed by atoms with E-state index >= 15 is 0 Å². The predicted molar refractivity (Wildman–Crippen MR) is 126 cm³/mol. The van der Waals surface area contributed by atoms with Gasteiger partial charge < -0.3 is 14.7 Å². The molecule has 1 N–H and O–H groups in total. The van der Waals surface area contributed by atoms with Gasteiger partial charge in [-0.05, 0) is 80.9 Å². The second kappa shape index (κ2) is 9.68. The quantitative estimate of drug-likeness (QED) is 0.661. The molecule has 0 spiro atoms. The Labute approximate surface area is 204 Å². The zero-order valence-corrected chi connectivity index (χ0v) is 20.2. The lowest BCUT2D eigenvalue weighted by Crippen LogP contribution is -2.52. The standard InChI is InChI=1S/C26H33FN4O4/c1-2-29-9-5-17(6-10-29)25(34)30-11-7-16(8-12-30)19-13-18(27)14-20-21(19)15-31(26(20)35)22-3-4-23(32)28-24(22)33/h13-14,16-17,22H,2-12,15H2,1H3,(H,28,32,33). The first-order valence-electron chi connectivity index (χ1n) is 12.8. The van der Waals surface area contributed by atoms with Gasteiger partial charge >= 0.3 is 0 Å². The van der Waals surface area contributed by atoms with E-state index in [2.05, 4.69) is 17.1 Å². The number of carbonyl (C=O) groups is 4. The van der Waals surface area contributed by atoms with Crippen LogP contribution in [0.5, 0.6) is 0 Å². The molecule has 1 aromatic rings. The minimum absolute atomic E-state index is 0.0555. The van der Waals surface area contributed by atoms with Crippen LogP contribution in [0.15, 0.2) is 12.1 Å². The molecule has 0 aromatic heterocycles. The van der Waals surface area contributed by atoms with Crippen LogP contribution < -0.4 is 5.32 Å². The smallest absolute Gasteiger partial charge is 0.255 e. The Bertz CT molecular complexity index is 1040. The van der Waals surface area contributed by atoms with Crippen LogP contribution in [0.1, 0.15) is 72.9 Å². The molecule has 0 radical (unpaired) electrons. The Kier molecular flexibility index (Phi) is 6.61. The molecule has 3 saturated heterocycles. The Morgan fingerprint density at radius 3 is 2.40 bits per heavy atom. The average molecular weight is 485 g/mol. The molecule has 9 heteroatoms. The maximum absolute atomic E-state index is 14.6. The summed E-state index contributed by atoms with van der Waals surface area (Å²) in [4.78, 5) is 55.9. The van der Waals surface area contributed by atoms with Gasteiger partial charge in [-0.25, -0.2) is 4.39 Å². The van der Waals surface area contributed by atoms with Crippen molar-refractivity contribution in [1.82, 2.24) is 20.0 Å². The van der Waals surface area contributed by atoms with Crippen molar-refractivity contribution in [3.05, 3.63) is 34.6 Å². The van der Waals surface area contributed by atoms with Crippen molar-refractivity contribution in [2.75, 3.05) is 32.7 Å². The molecular weight excluding hydrogens is 451 g/mol. The number of amides is 4. The summed E-state index contributed by atoms with van der Waals surface area (Å²) >= 11 is 0. The maximum Gasteiger partial charge on any atom is 0.255 e. The lowest BCUT2D eigenvalue weighted by atomic mass is 9.84. The maximum atomic E-state index is 14.6. The highest BCUT2D eigenvalue weighted by molar-refractivity contribution is 6.05. The first kappa shape index (κ1) is 23.9. The highest BCUT2D eigenvalue weighted by atomic mass is 19.1. The Morgan fingerprint density at radius 1 is 1.03 bits per heavy atom. The lowest BCUT2D eigenvalue weighted by Gasteiger charge is -2.37. The number of rotatable bonds is 4. The van der Waals surface area contributed by atoms with E-state index in [1.54, 1.807) is 0 Å². The molecule has 1 unspecified atom stereocenters. The molecule has 188 valence electrons. The number of imide groups is 1. The second-order valence-corrected chi connectivity index (χ2v) is 10.2. The van der Waals surface area contributed by atoms with E-state index in [1.807, 2.05) is 4.90 Å². The van der Waals surface area contributed by atoms with Gasteiger partial charge in [0.05, 0.1) is 0 Å². The van der Waals surface area contributed by atoms with Gasteiger partial charge in [-0.1, -0.05) is 6.92 Å². The largest absolute Gasteiger partial charge is 0.342 e. The molecule has 4 aliphatic heterocycles. The molecule has 4 amide bonds. The van der Waals surface area contributed by atoms with Crippen molar-refractivity contribution in [1.29, 1.82) is 0 Å². The summed E-state index contributed by atoms with van der Waals surface area (Å²) in [6.45, 7) is 6.61. The molecule has 0 aliphatic carbocycles. The number of nitrogens with one attached hydrogen (secondary N) is 1. The van der Waals surface area contributed by atoms with Crippen molar-refractivity contribution in [2.24, 2.45) is 5.92 Å². The van der Waals surface area contributed by atoms with Gasteiger partial charge in [0.25, 0.3) is 5.91 Å². The topological polar surface area (TPSA) is 90.0 Å². The van der Waals surface area contributed by atoms with Gasteiger partial charge in [0, 0.05) is 37.5 Å². The third kappa shape index (κ3) is 4.58. The highest BCUT2D eigenvalue weighted by Crippen LogP contribution is 2.38. The van der Waals surface area contributed by atoms with Gasteiger partial charge in [0.15, 0.2) is 0 Å². The Hall–Kier alpha value is -2.81. The third-order valence-corrected chi connectivity index (χ3v) is 8.29. The van der Waals surface area contributed by atoms with Gasteiger partial charge in [0.1, 0.15) is 11.9 Å². The van der Waals surface area contributed by atoms with E-state index in [1.165, 1.54) is 17.0 Å².